The lowest BCUT2D eigenvalue weighted by atomic mass is 10.1. The summed E-state index contributed by atoms with van der Waals surface area (Å²) < 4.78 is 5.19. The Bertz CT molecular complexity index is 996. The highest BCUT2D eigenvalue weighted by Crippen LogP contribution is 2.30. The molecule has 1 heterocycles. The van der Waals surface area contributed by atoms with Gasteiger partial charge in [-0.25, -0.2) is 0 Å². The van der Waals surface area contributed by atoms with Gasteiger partial charge in [-0.2, -0.15) is 0 Å². The lowest BCUT2D eigenvalue weighted by molar-refractivity contribution is -0.144. The molecule has 2 aromatic carbocycles. The predicted octanol–water partition coefficient (Wildman–Crippen LogP) is 5.38. The number of rotatable bonds is 8. The summed E-state index contributed by atoms with van der Waals surface area (Å²) in [6.07, 6.45) is 0.902. The van der Waals surface area contributed by atoms with Crippen LogP contribution < -0.4 is 11.1 Å². The average Bonchev–Trinajstić information content (AvgIpc) is 3.27. The molecule has 156 valence electrons. The van der Waals surface area contributed by atoms with Crippen LogP contribution in [0.25, 0.3) is 10.4 Å². The van der Waals surface area contributed by atoms with Crippen LogP contribution in [0.1, 0.15) is 36.2 Å². The fraction of sp³-hybridized carbons (Fsp3) is 0.250. The van der Waals surface area contributed by atoms with E-state index in [0.29, 0.717) is 42.3 Å². The highest BCUT2D eigenvalue weighted by molar-refractivity contribution is 7.13. The molecule has 0 aliphatic carbocycles. The number of anilines is 2. The molecule has 3 N–H and O–H groups in total. The molecule has 30 heavy (non-hydrogen) atoms. The number of nitrogens with one attached hydrogen (secondary N) is 1. The topological polar surface area (TPSA) is 81.4 Å². The first-order valence-corrected chi connectivity index (χ1v) is 10.8. The number of ether oxygens (including phenoxy) is 1. The molecule has 0 spiro atoms. The third-order valence-electron chi connectivity index (χ3n) is 4.52. The third-order valence-corrected chi connectivity index (χ3v) is 5.44. The molecule has 0 unspecified atom stereocenters. The van der Waals surface area contributed by atoms with Crippen molar-refractivity contribution in [1.29, 1.82) is 0 Å². The highest BCUT2D eigenvalue weighted by atomic mass is 32.1. The minimum Gasteiger partial charge on any atom is -0.465 e. The van der Waals surface area contributed by atoms with E-state index in [2.05, 4.69) is 5.32 Å². The summed E-state index contributed by atoms with van der Waals surface area (Å²) in [4.78, 5) is 25.5. The van der Waals surface area contributed by atoms with Crippen LogP contribution in [0.5, 0.6) is 0 Å². The van der Waals surface area contributed by atoms with Crippen molar-refractivity contribution in [2.45, 2.75) is 26.7 Å². The summed E-state index contributed by atoms with van der Waals surface area (Å²) in [5.74, 6) is -0.105. The average molecular weight is 423 g/mol. The molecule has 6 heteroatoms. The van der Waals surface area contributed by atoms with Crippen LogP contribution in [0.15, 0.2) is 60.0 Å². The minimum absolute atomic E-state index is 0.202. The van der Waals surface area contributed by atoms with Crippen LogP contribution in [0.3, 0.4) is 0 Å². The highest BCUT2D eigenvalue weighted by Gasteiger charge is 2.11. The zero-order valence-corrected chi connectivity index (χ0v) is 18.0. The van der Waals surface area contributed by atoms with Crippen molar-refractivity contribution in [2.75, 3.05) is 17.7 Å². The normalized spacial score (nSPS) is 10.8. The van der Waals surface area contributed by atoms with Gasteiger partial charge in [0.25, 0.3) is 5.91 Å². The van der Waals surface area contributed by atoms with Crippen LogP contribution in [-0.2, 0) is 16.0 Å². The number of thiophene rings is 1. The van der Waals surface area contributed by atoms with Gasteiger partial charge in [-0.3, -0.25) is 9.59 Å². The second-order valence-electron chi connectivity index (χ2n) is 7.51. The van der Waals surface area contributed by atoms with E-state index in [0.717, 1.165) is 16.0 Å². The van der Waals surface area contributed by atoms with Crippen molar-refractivity contribution in [3.8, 4) is 10.4 Å². The second kappa shape index (κ2) is 10.1. The number of hydrogen-bond acceptors (Lipinski definition) is 5. The van der Waals surface area contributed by atoms with Crippen LogP contribution in [0, 0.1) is 5.92 Å². The number of nitrogens with two attached hydrogens (primary N) is 1. The molecule has 3 rings (SSSR count). The molecule has 0 aliphatic rings. The Balaban J connectivity index is 1.60. The summed E-state index contributed by atoms with van der Waals surface area (Å²) in [5.41, 5.74) is 9.67. The first-order valence-electron chi connectivity index (χ1n) is 9.91. The summed E-state index contributed by atoms with van der Waals surface area (Å²) >= 11 is 1.63. The molecule has 0 aliphatic heterocycles. The fourth-order valence-electron chi connectivity index (χ4n) is 2.86. The van der Waals surface area contributed by atoms with Crippen molar-refractivity contribution in [1.82, 2.24) is 0 Å². The first-order chi connectivity index (χ1) is 14.4. The van der Waals surface area contributed by atoms with Gasteiger partial charge in [-0.15, -0.1) is 11.3 Å². The van der Waals surface area contributed by atoms with Crippen molar-refractivity contribution >= 4 is 34.6 Å². The number of amides is 1. The Kier molecular flexibility index (Phi) is 7.25. The van der Waals surface area contributed by atoms with Crippen molar-refractivity contribution < 1.29 is 14.3 Å². The van der Waals surface area contributed by atoms with Crippen molar-refractivity contribution in [3.05, 3.63) is 71.1 Å². The molecule has 0 atom stereocenters. The minimum atomic E-state index is -0.229. The van der Waals surface area contributed by atoms with E-state index in [1.807, 2.05) is 55.6 Å². The smallest absolute Gasteiger partial charge is 0.306 e. The van der Waals surface area contributed by atoms with Gasteiger partial charge in [0.05, 0.1) is 18.0 Å². The maximum Gasteiger partial charge on any atom is 0.306 e. The number of benzene rings is 2. The van der Waals surface area contributed by atoms with Gasteiger partial charge < -0.3 is 15.8 Å². The Morgan fingerprint density at radius 2 is 1.87 bits per heavy atom. The number of carbonyl (C=O) groups excluding carboxylic acids is 2. The second-order valence-corrected chi connectivity index (χ2v) is 8.45. The number of esters is 1. The van der Waals surface area contributed by atoms with E-state index in [1.54, 1.807) is 29.5 Å². The molecular weight excluding hydrogens is 396 g/mol. The van der Waals surface area contributed by atoms with E-state index in [9.17, 15) is 9.59 Å². The van der Waals surface area contributed by atoms with Crippen LogP contribution in [0.2, 0.25) is 0 Å². The first kappa shape index (κ1) is 21.6. The van der Waals surface area contributed by atoms with E-state index in [-0.39, 0.29) is 11.9 Å². The molecule has 0 saturated heterocycles. The van der Waals surface area contributed by atoms with Crippen molar-refractivity contribution in [3.63, 3.8) is 0 Å². The largest absolute Gasteiger partial charge is 0.465 e. The number of nitrogen functional groups attached to an aromatic ring is 1. The summed E-state index contributed by atoms with van der Waals surface area (Å²) in [6.45, 7) is 4.45. The maximum absolute atomic E-state index is 12.7. The fourth-order valence-corrected chi connectivity index (χ4v) is 3.58. The molecule has 0 bridgehead atoms. The van der Waals surface area contributed by atoms with E-state index in [1.165, 1.54) is 0 Å². The number of carbonyl (C=O) groups is 2. The van der Waals surface area contributed by atoms with Gasteiger partial charge in [-0.1, -0.05) is 38.1 Å². The standard InChI is InChI=1S/C24H26N2O3S/c1-16(2)15-29-23(27)12-7-17-5-8-18(9-6-17)24(28)26-21-14-19(10-11-20(21)25)22-4-3-13-30-22/h3-6,8-11,13-14,16H,7,12,15,25H2,1-2H3,(H,26,28). The molecule has 3 aromatic rings. The van der Waals surface area contributed by atoms with Crippen LogP contribution in [-0.4, -0.2) is 18.5 Å². The molecule has 0 saturated carbocycles. The number of aryl methyl sites for hydroxylation is 1. The molecule has 0 fully saturated rings. The summed E-state index contributed by atoms with van der Waals surface area (Å²) in [6, 6.07) is 16.9. The van der Waals surface area contributed by atoms with E-state index in [4.69, 9.17) is 10.5 Å². The zero-order valence-electron chi connectivity index (χ0n) is 17.2. The third kappa shape index (κ3) is 5.94. The quantitative estimate of drug-likeness (QED) is 0.377. The van der Waals surface area contributed by atoms with Crippen LogP contribution >= 0.6 is 11.3 Å². The molecule has 1 amide bonds. The van der Waals surface area contributed by atoms with E-state index < -0.39 is 0 Å². The predicted molar refractivity (Wildman–Crippen MR) is 123 cm³/mol. The lowest BCUT2D eigenvalue weighted by Gasteiger charge is -2.11. The molecule has 1 aromatic heterocycles. The van der Waals surface area contributed by atoms with Gasteiger partial charge in [0.1, 0.15) is 0 Å². The zero-order chi connectivity index (χ0) is 21.5. The van der Waals surface area contributed by atoms with Gasteiger partial charge in [0.2, 0.25) is 0 Å². The van der Waals surface area contributed by atoms with Crippen LogP contribution in [0.4, 0.5) is 11.4 Å². The Hall–Kier alpha value is -3.12. The Labute approximate surface area is 180 Å². The van der Waals surface area contributed by atoms with Crippen molar-refractivity contribution in [2.24, 2.45) is 5.92 Å². The molecule has 0 radical (unpaired) electrons. The van der Waals surface area contributed by atoms with Gasteiger partial charge in [0, 0.05) is 16.9 Å². The monoisotopic (exact) mass is 422 g/mol. The SMILES string of the molecule is CC(C)COC(=O)CCc1ccc(C(=O)Nc2cc(-c3cccs3)ccc2N)cc1. The van der Waals surface area contributed by atoms with Gasteiger partial charge >= 0.3 is 5.97 Å². The lowest BCUT2D eigenvalue weighted by Crippen LogP contribution is -2.13. The summed E-state index contributed by atoms with van der Waals surface area (Å²) in [7, 11) is 0. The van der Waals surface area contributed by atoms with E-state index >= 15 is 0 Å². The molecule has 5 nitrogen and oxygen atoms in total. The summed E-state index contributed by atoms with van der Waals surface area (Å²) in [5, 5.41) is 4.90. The van der Waals surface area contributed by atoms with Gasteiger partial charge in [-0.05, 0) is 59.2 Å². The Morgan fingerprint density at radius 3 is 2.53 bits per heavy atom. The number of hydrogen-bond donors (Lipinski definition) is 2. The maximum atomic E-state index is 12.7. The van der Waals surface area contributed by atoms with Gasteiger partial charge in [0.15, 0.2) is 0 Å². The molecular formula is C24H26N2O3S. The Morgan fingerprint density at radius 1 is 1.10 bits per heavy atom.